The number of aromatic hydroxyl groups is 1. The van der Waals surface area contributed by atoms with Crippen LogP contribution in [0.25, 0.3) is 5.76 Å². The van der Waals surface area contributed by atoms with Gasteiger partial charge in [-0.3, -0.25) is 14.4 Å². The summed E-state index contributed by atoms with van der Waals surface area (Å²) in [5, 5.41) is 47.2. The number of fused-ring (bicyclic) bond motifs is 3. The first-order chi connectivity index (χ1) is 18.0. The summed E-state index contributed by atoms with van der Waals surface area (Å²) in [7, 11) is 3.40. The number of nitrogens with zero attached hydrogens (tertiary/aromatic N) is 1. The van der Waals surface area contributed by atoms with Crippen molar-refractivity contribution in [3.05, 3.63) is 39.7 Å². The molecule has 7 N–H and O–H groups in total. The van der Waals surface area contributed by atoms with E-state index in [1.807, 2.05) is 0 Å². The number of nitrogens with two attached hydrogens (primary N) is 1. The first kappa shape index (κ1) is 28.4. The van der Waals surface area contributed by atoms with Gasteiger partial charge in [-0.25, -0.2) is 0 Å². The maximum atomic E-state index is 13.6. The summed E-state index contributed by atoms with van der Waals surface area (Å²) in [6.45, 7) is 1.16. The highest BCUT2D eigenvalue weighted by Crippen LogP contribution is 2.53. The van der Waals surface area contributed by atoms with E-state index >= 15 is 0 Å². The number of amides is 1. The maximum Gasteiger partial charge on any atom is 0.390 e. The Morgan fingerprint density at radius 1 is 1.23 bits per heavy atom. The number of rotatable bonds is 6. The zero-order valence-corrected chi connectivity index (χ0v) is 21.5. The lowest BCUT2D eigenvalue weighted by molar-refractivity contribution is -0.147. The molecule has 212 valence electrons. The molecule has 3 aliphatic carbocycles. The fourth-order valence-electron chi connectivity index (χ4n) is 5.96. The molecule has 1 unspecified atom stereocenters. The lowest BCUT2D eigenvalue weighted by Crippen LogP contribution is -2.58. The molecule has 1 aromatic rings. The summed E-state index contributed by atoms with van der Waals surface area (Å²) in [5.74, 6) is -7.29. The number of ketones is 2. The molecule has 0 saturated heterocycles. The van der Waals surface area contributed by atoms with Crippen LogP contribution >= 0.6 is 0 Å². The van der Waals surface area contributed by atoms with E-state index in [2.05, 4.69) is 5.32 Å². The van der Waals surface area contributed by atoms with Crippen molar-refractivity contribution in [2.24, 2.45) is 17.6 Å². The zero-order chi connectivity index (χ0) is 29.2. The highest BCUT2D eigenvalue weighted by atomic mass is 19.4. The van der Waals surface area contributed by atoms with Crippen molar-refractivity contribution in [1.82, 2.24) is 5.32 Å². The molecule has 13 heteroatoms. The Balaban J connectivity index is 1.83. The first-order valence-corrected chi connectivity index (χ1v) is 12.3. The zero-order valence-electron chi connectivity index (χ0n) is 21.5. The molecule has 1 amide bonds. The van der Waals surface area contributed by atoms with Crippen LogP contribution in [0.15, 0.2) is 23.0 Å². The summed E-state index contributed by atoms with van der Waals surface area (Å²) in [4.78, 5) is 39.6. The van der Waals surface area contributed by atoms with Gasteiger partial charge in [-0.05, 0) is 37.3 Å². The summed E-state index contributed by atoms with van der Waals surface area (Å²) in [6, 6.07) is 0.604. The Hall–Kier alpha value is -3.58. The van der Waals surface area contributed by atoms with Crippen molar-refractivity contribution in [2.45, 2.75) is 57.0 Å². The topological polar surface area (TPSA) is 173 Å². The molecule has 0 bridgehead atoms. The van der Waals surface area contributed by atoms with Crippen LogP contribution in [0, 0.1) is 11.8 Å². The van der Waals surface area contributed by atoms with Gasteiger partial charge in [-0.1, -0.05) is 0 Å². The van der Waals surface area contributed by atoms with E-state index in [1.165, 1.54) is 6.92 Å². The molecular weight excluding hydrogens is 523 g/mol. The lowest BCUT2D eigenvalue weighted by atomic mass is 9.59. The Morgan fingerprint density at radius 3 is 2.44 bits per heavy atom. The fourth-order valence-corrected chi connectivity index (χ4v) is 5.96. The number of carbonyl (C=O) groups is 3. The molecule has 4 rings (SSSR count). The number of anilines is 1. The number of phenols is 1. The summed E-state index contributed by atoms with van der Waals surface area (Å²) < 4.78 is 38.3. The van der Waals surface area contributed by atoms with Crippen LogP contribution in [-0.4, -0.2) is 69.8 Å². The van der Waals surface area contributed by atoms with Gasteiger partial charge in [-0.2, -0.15) is 13.2 Å². The van der Waals surface area contributed by atoms with E-state index in [4.69, 9.17) is 5.73 Å². The minimum atomic E-state index is -4.39. The largest absolute Gasteiger partial charge is 0.508 e. The molecule has 0 radical (unpaired) electrons. The Kier molecular flexibility index (Phi) is 6.97. The van der Waals surface area contributed by atoms with Crippen LogP contribution in [0.5, 0.6) is 5.75 Å². The van der Waals surface area contributed by atoms with Crippen LogP contribution in [0.2, 0.25) is 0 Å². The third-order valence-electron chi connectivity index (χ3n) is 7.78. The normalized spacial score (nSPS) is 25.7. The van der Waals surface area contributed by atoms with Gasteiger partial charge < -0.3 is 36.4 Å². The predicted octanol–water partition coefficient (Wildman–Crippen LogP) is 1.92. The van der Waals surface area contributed by atoms with Crippen molar-refractivity contribution < 1.29 is 48.0 Å². The number of hydrogen-bond acceptors (Lipinski definition) is 9. The van der Waals surface area contributed by atoms with E-state index in [1.54, 1.807) is 25.1 Å². The molecule has 1 saturated carbocycles. The molecule has 10 nitrogen and oxygen atoms in total. The average molecular weight is 554 g/mol. The number of hydrogen-bond donors (Lipinski definition) is 6. The first-order valence-electron chi connectivity index (χ1n) is 12.3. The second kappa shape index (κ2) is 9.56. The summed E-state index contributed by atoms with van der Waals surface area (Å²) in [5.41, 5.74) is 2.40. The standard InChI is InChI=1S/C26H30F3N3O7/c1-10(8-25(27,28)29)31-9-12-6-15(32(2)3)14-5-11-4-13-7-16(33)19(24(30)38)23(37)26(13,39)22(36)17(11)21(35)18(14)20(12)34/h6,10-11,13,31,34-35,37,39H,4-5,7-9H2,1-3H3,(H2,30,38)/t10?,11-,13+,26+/m1/s1. The molecular formula is C26H30F3N3O7. The van der Waals surface area contributed by atoms with Gasteiger partial charge in [0.15, 0.2) is 11.4 Å². The molecule has 1 aromatic carbocycles. The minimum absolute atomic E-state index is 0.00515. The number of carbonyl (C=O) groups excluding carboxylic acids is 3. The fraction of sp³-hybridized carbons (Fsp3) is 0.500. The number of nitrogens with one attached hydrogen (secondary N) is 1. The van der Waals surface area contributed by atoms with Crippen LogP contribution in [0.4, 0.5) is 18.9 Å². The highest BCUT2D eigenvalue weighted by molar-refractivity contribution is 6.22. The van der Waals surface area contributed by atoms with Gasteiger partial charge in [0.25, 0.3) is 5.91 Å². The van der Waals surface area contributed by atoms with Crippen LogP contribution in [-0.2, 0) is 27.3 Å². The Bertz CT molecular complexity index is 1330. The number of halogens is 3. The van der Waals surface area contributed by atoms with E-state index < -0.39 is 82.8 Å². The average Bonchev–Trinajstić information content (AvgIpc) is 2.79. The second-order valence-electron chi connectivity index (χ2n) is 10.7. The van der Waals surface area contributed by atoms with Gasteiger partial charge in [0.05, 0.1) is 12.0 Å². The van der Waals surface area contributed by atoms with Crippen LogP contribution in [0.1, 0.15) is 42.9 Å². The van der Waals surface area contributed by atoms with Gasteiger partial charge in [0.1, 0.15) is 22.8 Å². The lowest BCUT2D eigenvalue weighted by Gasteiger charge is -2.46. The molecule has 0 spiro atoms. The summed E-state index contributed by atoms with van der Waals surface area (Å²) >= 11 is 0. The number of aliphatic hydroxyl groups excluding tert-OH is 2. The van der Waals surface area contributed by atoms with Crippen molar-refractivity contribution >= 4 is 28.9 Å². The maximum absolute atomic E-state index is 13.6. The third kappa shape index (κ3) is 4.63. The summed E-state index contributed by atoms with van der Waals surface area (Å²) in [6.07, 6.45) is -5.80. The van der Waals surface area contributed by atoms with E-state index in [9.17, 15) is 48.0 Å². The quantitative estimate of drug-likeness (QED) is 0.288. The van der Waals surface area contributed by atoms with Gasteiger partial charge in [0.2, 0.25) is 5.78 Å². The van der Waals surface area contributed by atoms with Crippen molar-refractivity contribution in [3.8, 4) is 5.75 Å². The van der Waals surface area contributed by atoms with Crippen LogP contribution < -0.4 is 16.0 Å². The molecule has 0 aliphatic heterocycles. The van der Waals surface area contributed by atoms with Gasteiger partial charge in [0, 0.05) is 55.8 Å². The van der Waals surface area contributed by atoms with Crippen LogP contribution in [0.3, 0.4) is 0 Å². The number of benzene rings is 1. The predicted molar refractivity (Wildman–Crippen MR) is 133 cm³/mol. The number of aliphatic hydroxyl groups is 3. The molecule has 3 aliphatic rings. The molecule has 1 fully saturated rings. The molecule has 39 heavy (non-hydrogen) atoms. The highest BCUT2D eigenvalue weighted by Gasteiger charge is 2.60. The Morgan fingerprint density at radius 2 is 1.87 bits per heavy atom. The van der Waals surface area contributed by atoms with E-state index in [-0.39, 0.29) is 36.1 Å². The number of primary amides is 1. The van der Waals surface area contributed by atoms with Gasteiger partial charge >= 0.3 is 6.18 Å². The van der Waals surface area contributed by atoms with Crippen molar-refractivity contribution in [2.75, 3.05) is 19.0 Å². The third-order valence-corrected chi connectivity index (χ3v) is 7.78. The molecule has 0 heterocycles. The number of Topliss-reactive ketones (excluding diaryl/α,β-unsaturated/α-hetero) is 2. The smallest absolute Gasteiger partial charge is 0.390 e. The van der Waals surface area contributed by atoms with Crippen molar-refractivity contribution in [3.63, 3.8) is 0 Å². The molecule has 0 aromatic heterocycles. The second-order valence-corrected chi connectivity index (χ2v) is 10.7. The molecule has 4 atom stereocenters. The number of phenolic OH excluding ortho intramolecular Hbond substituents is 1. The Labute approximate surface area is 221 Å². The van der Waals surface area contributed by atoms with E-state index in [0.29, 0.717) is 11.3 Å². The monoisotopic (exact) mass is 553 g/mol. The van der Waals surface area contributed by atoms with Gasteiger partial charge in [-0.15, -0.1) is 0 Å². The minimum Gasteiger partial charge on any atom is -0.508 e. The van der Waals surface area contributed by atoms with Crippen molar-refractivity contribution in [1.29, 1.82) is 0 Å². The number of alkyl halides is 3. The SMILES string of the molecule is CC(CC(F)(F)F)NCc1cc(N(C)C)c2c(c1O)C(O)=C1C(=O)[C@]3(O)C(O)=C(C(N)=O)C(=O)C[C@@H]3C[C@@H]1C2. The van der Waals surface area contributed by atoms with E-state index in [0.717, 1.165) is 0 Å².